The van der Waals surface area contributed by atoms with Gasteiger partial charge in [-0.05, 0) is 6.42 Å². The number of primary amides is 1. The van der Waals surface area contributed by atoms with Gasteiger partial charge in [-0.1, -0.05) is 30.3 Å². The summed E-state index contributed by atoms with van der Waals surface area (Å²) in [7, 11) is 0. The molecule has 0 spiro atoms. The molecule has 23 heavy (non-hydrogen) atoms. The molecule has 1 atom stereocenters. The highest BCUT2D eigenvalue weighted by molar-refractivity contribution is 5.96. The number of carbonyl (C=O) groups is 3. The van der Waals surface area contributed by atoms with Crippen molar-refractivity contribution in [3.63, 3.8) is 0 Å². The van der Waals surface area contributed by atoms with Crippen LogP contribution in [0.1, 0.15) is 36.0 Å². The van der Waals surface area contributed by atoms with E-state index in [-0.39, 0.29) is 30.6 Å². The summed E-state index contributed by atoms with van der Waals surface area (Å²) >= 11 is 0. The quantitative estimate of drug-likeness (QED) is 0.763. The molecule has 0 saturated carbocycles. The minimum atomic E-state index is -0.447. The van der Waals surface area contributed by atoms with Crippen LogP contribution >= 0.6 is 0 Å². The lowest BCUT2D eigenvalue weighted by atomic mass is 10.0. The van der Waals surface area contributed by atoms with Crippen LogP contribution in [0, 0.1) is 0 Å². The molecular weight excluding hydrogens is 296 g/mol. The van der Waals surface area contributed by atoms with Crippen molar-refractivity contribution in [2.45, 2.75) is 31.7 Å². The van der Waals surface area contributed by atoms with E-state index in [1.807, 2.05) is 18.2 Å². The van der Waals surface area contributed by atoms with E-state index in [4.69, 9.17) is 10.5 Å². The first-order valence-electron chi connectivity index (χ1n) is 7.81. The SMILES string of the molecule is NC(=O)C[C@@H]1COCCN1C(=O)CCCC(=O)c1ccccc1. The maximum Gasteiger partial charge on any atom is 0.223 e. The number of Topliss-reactive ketones (excluding diaryl/α,β-unsaturated/α-hetero) is 1. The second-order valence-corrected chi connectivity index (χ2v) is 5.63. The van der Waals surface area contributed by atoms with Crippen LogP contribution in [0.2, 0.25) is 0 Å². The summed E-state index contributed by atoms with van der Waals surface area (Å²) in [5.74, 6) is -0.466. The molecule has 6 nitrogen and oxygen atoms in total. The minimum Gasteiger partial charge on any atom is -0.377 e. The predicted octanol–water partition coefficient (Wildman–Crippen LogP) is 1.14. The zero-order valence-corrected chi connectivity index (χ0v) is 13.1. The highest BCUT2D eigenvalue weighted by Gasteiger charge is 2.28. The second kappa shape index (κ2) is 8.43. The Morgan fingerprint density at radius 1 is 1.17 bits per heavy atom. The molecule has 0 aromatic heterocycles. The van der Waals surface area contributed by atoms with Gasteiger partial charge in [-0.2, -0.15) is 0 Å². The van der Waals surface area contributed by atoms with E-state index in [0.717, 1.165) is 0 Å². The topological polar surface area (TPSA) is 89.7 Å². The Bertz CT molecular complexity index is 559. The Morgan fingerprint density at radius 3 is 2.61 bits per heavy atom. The zero-order valence-electron chi connectivity index (χ0n) is 13.1. The van der Waals surface area contributed by atoms with Crippen LogP contribution in [-0.4, -0.2) is 48.3 Å². The van der Waals surface area contributed by atoms with Crippen molar-refractivity contribution >= 4 is 17.6 Å². The lowest BCUT2D eigenvalue weighted by Gasteiger charge is -2.35. The Balaban J connectivity index is 1.81. The van der Waals surface area contributed by atoms with Gasteiger partial charge in [-0.25, -0.2) is 0 Å². The van der Waals surface area contributed by atoms with Gasteiger partial charge in [0.15, 0.2) is 5.78 Å². The smallest absolute Gasteiger partial charge is 0.223 e. The summed E-state index contributed by atoms with van der Waals surface area (Å²) in [5, 5.41) is 0. The molecule has 1 fully saturated rings. The molecule has 1 aliphatic rings. The number of amides is 2. The maximum absolute atomic E-state index is 12.3. The molecule has 0 unspecified atom stereocenters. The number of rotatable bonds is 7. The monoisotopic (exact) mass is 318 g/mol. The van der Waals surface area contributed by atoms with Crippen LogP contribution < -0.4 is 5.73 Å². The molecule has 2 rings (SSSR count). The number of nitrogens with two attached hydrogens (primary N) is 1. The molecule has 2 amide bonds. The zero-order chi connectivity index (χ0) is 16.7. The van der Waals surface area contributed by atoms with Gasteiger partial charge in [0.2, 0.25) is 11.8 Å². The summed E-state index contributed by atoms with van der Waals surface area (Å²) in [6.07, 6.45) is 1.22. The third-order valence-corrected chi connectivity index (χ3v) is 3.87. The predicted molar refractivity (Wildman–Crippen MR) is 84.8 cm³/mol. The van der Waals surface area contributed by atoms with Crippen molar-refractivity contribution in [2.75, 3.05) is 19.8 Å². The molecule has 1 aliphatic heterocycles. The van der Waals surface area contributed by atoms with Crippen molar-refractivity contribution in [3.05, 3.63) is 35.9 Å². The van der Waals surface area contributed by atoms with Crippen molar-refractivity contribution in [2.24, 2.45) is 5.73 Å². The molecule has 124 valence electrons. The molecule has 1 heterocycles. The van der Waals surface area contributed by atoms with Crippen LogP contribution in [0.3, 0.4) is 0 Å². The first kappa shape index (κ1) is 17.1. The van der Waals surface area contributed by atoms with Crippen LogP contribution in [0.15, 0.2) is 30.3 Å². The van der Waals surface area contributed by atoms with Crippen molar-refractivity contribution < 1.29 is 19.1 Å². The number of hydrogen-bond donors (Lipinski definition) is 1. The van der Waals surface area contributed by atoms with E-state index in [1.54, 1.807) is 17.0 Å². The summed E-state index contributed by atoms with van der Waals surface area (Å²) < 4.78 is 5.31. The number of morpholine rings is 1. The molecule has 0 bridgehead atoms. The van der Waals surface area contributed by atoms with Crippen molar-refractivity contribution in [1.82, 2.24) is 4.90 Å². The van der Waals surface area contributed by atoms with Crippen molar-refractivity contribution in [1.29, 1.82) is 0 Å². The number of ketones is 1. The highest BCUT2D eigenvalue weighted by Crippen LogP contribution is 2.14. The van der Waals surface area contributed by atoms with Gasteiger partial charge in [-0.3, -0.25) is 14.4 Å². The van der Waals surface area contributed by atoms with Crippen LogP contribution in [-0.2, 0) is 14.3 Å². The van der Waals surface area contributed by atoms with Gasteiger partial charge in [0.25, 0.3) is 0 Å². The Morgan fingerprint density at radius 2 is 1.91 bits per heavy atom. The average Bonchev–Trinajstić information content (AvgIpc) is 2.55. The number of ether oxygens (including phenoxy) is 1. The Kier molecular flexibility index (Phi) is 6.29. The minimum absolute atomic E-state index is 0.0362. The van der Waals surface area contributed by atoms with E-state index in [0.29, 0.717) is 38.2 Å². The number of nitrogens with zero attached hydrogens (tertiary/aromatic N) is 1. The lowest BCUT2D eigenvalue weighted by Crippen LogP contribution is -2.50. The molecule has 6 heteroatoms. The summed E-state index contributed by atoms with van der Waals surface area (Å²) in [6.45, 7) is 1.25. The fourth-order valence-corrected chi connectivity index (χ4v) is 2.70. The largest absolute Gasteiger partial charge is 0.377 e. The van der Waals surface area contributed by atoms with Gasteiger partial charge in [0.05, 0.1) is 19.3 Å². The molecule has 1 aromatic carbocycles. The number of carbonyl (C=O) groups excluding carboxylic acids is 3. The molecule has 1 saturated heterocycles. The third kappa shape index (κ3) is 5.17. The van der Waals surface area contributed by atoms with E-state index in [9.17, 15) is 14.4 Å². The summed E-state index contributed by atoms with van der Waals surface area (Å²) in [5.41, 5.74) is 5.88. The Hall–Kier alpha value is -2.21. The summed E-state index contributed by atoms with van der Waals surface area (Å²) in [4.78, 5) is 37.1. The van der Waals surface area contributed by atoms with Gasteiger partial charge >= 0.3 is 0 Å². The Labute approximate surface area is 135 Å². The van der Waals surface area contributed by atoms with Gasteiger partial charge in [-0.15, -0.1) is 0 Å². The van der Waals surface area contributed by atoms with Gasteiger partial charge < -0.3 is 15.4 Å². The van der Waals surface area contributed by atoms with E-state index >= 15 is 0 Å². The summed E-state index contributed by atoms with van der Waals surface area (Å²) in [6, 6.07) is 8.75. The van der Waals surface area contributed by atoms with E-state index in [1.165, 1.54) is 0 Å². The number of benzene rings is 1. The van der Waals surface area contributed by atoms with Crippen molar-refractivity contribution in [3.8, 4) is 0 Å². The standard InChI is InChI=1S/C17H22N2O4/c18-16(21)11-14-12-23-10-9-19(14)17(22)8-4-7-15(20)13-5-2-1-3-6-13/h1-3,5-6,14H,4,7-12H2,(H2,18,21)/t14-/m1/s1. The first-order chi connectivity index (χ1) is 11.1. The average molecular weight is 318 g/mol. The molecule has 0 radical (unpaired) electrons. The normalized spacial score (nSPS) is 17.7. The van der Waals surface area contributed by atoms with Gasteiger partial charge in [0, 0.05) is 31.4 Å². The van der Waals surface area contributed by atoms with E-state index in [2.05, 4.69) is 0 Å². The maximum atomic E-state index is 12.3. The number of hydrogen-bond acceptors (Lipinski definition) is 4. The fourth-order valence-electron chi connectivity index (χ4n) is 2.70. The molecule has 0 aliphatic carbocycles. The van der Waals surface area contributed by atoms with E-state index < -0.39 is 5.91 Å². The van der Waals surface area contributed by atoms with Gasteiger partial charge in [0.1, 0.15) is 0 Å². The highest BCUT2D eigenvalue weighted by atomic mass is 16.5. The van der Waals surface area contributed by atoms with Crippen LogP contribution in [0.25, 0.3) is 0 Å². The molecule has 2 N–H and O–H groups in total. The lowest BCUT2D eigenvalue weighted by molar-refractivity contribution is -0.141. The van der Waals surface area contributed by atoms with Crippen LogP contribution in [0.5, 0.6) is 0 Å². The first-order valence-corrected chi connectivity index (χ1v) is 7.81. The second-order valence-electron chi connectivity index (χ2n) is 5.63. The van der Waals surface area contributed by atoms with Crippen LogP contribution in [0.4, 0.5) is 0 Å². The third-order valence-electron chi connectivity index (χ3n) is 3.87. The fraction of sp³-hybridized carbons (Fsp3) is 0.471. The molecular formula is C17H22N2O4. The molecule has 1 aromatic rings.